The first-order valence-corrected chi connectivity index (χ1v) is 8.60. The molecule has 2 N–H and O–H groups in total. The summed E-state index contributed by atoms with van der Waals surface area (Å²) in [6.07, 6.45) is 3.16. The fourth-order valence-electron chi connectivity index (χ4n) is 2.68. The highest BCUT2D eigenvalue weighted by molar-refractivity contribution is 5.90. The van der Waals surface area contributed by atoms with Gasteiger partial charge in [0.05, 0.1) is 25.3 Å². The lowest BCUT2D eigenvalue weighted by Crippen LogP contribution is -2.28. The molecule has 10 heteroatoms. The van der Waals surface area contributed by atoms with Gasteiger partial charge in [0.1, 0.15) is 5.39 Å². The van der Waals surface area contributed by atoms with Gasteiger partial charge in [-0.3, -0.25) is 9.59 Å². The van der Waals surface area contributed by atoms with Crippen LogP contribution < -0.4 is 10.9 Å². The maximum atomic E-state index is 12.0. The molecule has 10 nitrogen and oxygen atoms in total. The summed E-state index contributed by atoms with van der Waals surface area (Å²) in [5, 5.41) is 7.40. The number of nitrogens with one attached hydrogen (secondary N) is 2. The number of anilines is 1. The van der Waals surface area contributed by atoms with Gasteiger partial charge in [0.15, 0.2) is 5.65 Å². The lowest BCUT2D eigenvalue weighted by molar-refractivity contribution is -0.116. The van der Waals surface area contributed by atoms with Crippen molar-refractivity contribution >= 4 is 28.7 Å². The first-order chi connectivity index (χ1) is 13.5. The zero-order valence-corrected chi connectivity index (χ0v) is 15.5. The number of benzene rings is 1. The number of carbonyl (C=O) groups is 2. The van der Waals surface area contributed by atoms with E-state index in [1.54, 1.807) is 36.0 Å². The largest absolute Gasteiger partial charge is 0.453 e. The number of methoxy groups -OCH3 is 1. The lowest BCUT2D eigenvalue weighted by atomic mass is 10.2. The molecule has 0 saturated heterocycles. The predicted octanol–water partition coefficient (Wildman–Crippen LogP) is 1.53. The second-order valence-corrected chi connectivity index (χ2v) is 6.12. The van der Waals surface area contributed by atoms with Crippen LogP contribution in [0, 0.1) is 0 Å². The van der Waals surface area contributed by atoms with E-state index in [4.69, 9.17) is 0 Å². The maximum Gasteiger partial charge on any atom is 0.409 e. The minimum absolute atomic E-state index is 0.149. The van der Waals surface area contributed by atoms with E-state index in [1.165, 1.54) is 24.5 Å². The molecule has 2 amide bonds. The second-order valence-electron chi connectivity index (χ2n) is 6.12. The number of hydrogen-bond donors (Lipinski definition) is 2. The van der Waals surface area contributed by atoms with Crippen LogP contribution in [0.25, 0.3) is 16.7 Å². The van der Waals surface area contributed by atoms with Gasteiger partial charge in [-0.1, -0.05) is 0 Å². The molecule has 0 aliphatic rings. The molecule has 1 aromatic carbocycles. The van der Waals surface area contributed by atoms with Crippen LogP contribution in [0.4, 0.5) is 10.5 Å². The molecule has 3 aromatic rings. The lowest BCUT2D eigenvalue weighted by Gasteiger charge is -2.14. The van der Waals surface area contributed by atoms with Crippen molar-refractivity contribution in [3.05, 3.63) is 47.1 Å². The molecule has 3 rings (SSSR count). The molecule has 0 fully saturated rings. The summed E-state index contributed by atoms with van der Waals surface area (Å²) in [4.78, 5) is 43.2. The van der Waals surface area contributed by atoms with Crippen LogP contribution in [0.15, 0.2) is 41.6 Å². The Balaban J connectivity index is 1.60. The summed E-state index contributed by atoms with van der Waals surface area (Å²) in [7, 11) is 2.93. The third kappa shape index (κ3) is 4.17. The first-order valence-electron chi connectivity index (χ1n) is 8.60. The van der Waals surface area contributed by atoms with Crippen LogP contribution in [-0.4, -0.2) is 57.4 Å². The Kier molecular flexibility index (Phi) is 5.68. The number of nitrogens with zero attached hydrogens (tertiary/aromatic N) is 4. The number of carbonyl (C=O) groups excluding carboxylic acids is 2. The Labute approximate surface area is 160 Å². The van der Waals surface area contributed by atoms with Crippen molar-refractivity contribution in [3.63, 3.8) is 0 Å². The minimum Gasteiger partial charge on any atom is -0.453 e. The summed E-state index contributed by atoms with van der Waals surface area (Å²) < 4.78 is 6.15. The number of ether oxygens (including phenoxy) is 1. The number of aromatic nitrogens is 4. The van der Waals surface area contributed by atoms with Crippen molar-refractivity contribution in [2.24, 2.45) is 0 Å². The Morgan fingerprint density at radius 1 is 1.29 bits per heavy atom. The van der Waals surface area contributed by atoms with Gasteiger partial charge in [-0.2, -0.15) is 5.10 Å². The number of amides is 2. The molecule has 0 bridgehead atoms. The van der Waals surface area contributed by atoms with Gasteiger partial charge in [-0.05, 0) is 30.7 Å². The van der Waals surface area contributed by atoms with Gasteiger partial charge in [-0.25, -0.2) is 14.5 Å². The van der Waals surface area contributed by atoms with Crippen molar-refractivity contribution in [1.29, 1.82) is 0 Å². The van der Waals surface area contributed by atoms with Gasteiger partial charge in [0, 0.05) is 25.7 Å². The average Bonchev–Trinajstić information content (AvgIpc) is 3.13. The molecular weight excluding hydrogens is 364 g/mol. The Bertz CT molecular complexity index is 1040. The van der Waals surface area contributed by atoms with E-state index in [0.29, 0.717) is 35.4 Å². The van der Waals surface area contributed by atoms with Gasteiger partial charge in [-0.15, -0.1) is 0 Å². The van der Waals surface area contributed by atoms with Crippen LogP contribution in [0.5, 0.6) is 0 Å². The van der Waals surface area contributed by atoms with E-state index in [9.17, 15) is 14.4 Å². The monoisotopic (exact) mass is 384 g/mol. The van der Waals surface area contributed by atoms with E-state index >= 15 is 0 Å². The molecule has 0 aliphatic heterocycles. The van der Waals surface area contributed by atoms with Crippen molar-refractivity contribution in [3.8, 4) is 5.69 Å². The van der Waals surface area contributed by atoms with Gasteiger partial charge in [0.25, 0.3) is 5.56 Å². The van der Waals surface area contributed by atoms with Gasteiger partial charge >= 0.3 is 6.09 Å². The van der Waals surface area contributed by atoms with Crippen LogP contribution in [0.3, 0.4) is 0 Å². The summed E-state index contributed by atoms with van der Waals surface area (Å²) in [6.45, 7) is 0.428. The number of H-pyrrole nitrogens is 1. The number of hydrogen-bond acceptors (Lipinski definition) is 6. The predicted molar refractivity (Wildman–Crippen MR) is 102 cm³/mol. The average molecular weight is 384 g/mol. The van der Waals surface area contributed by atoms with Gasteiger partial charge in [0.2, 0.25) is 5.91 Å². The highest BCUT2D eigenvalue weighted by atomic mass is 16.5. The zero-order valence-electron chi connectivity index (χ0n) is 15.5. The second kappa shape index (κ2) is 8.33. The van der Waals surface area contributed by atoms with E-state index in [-0.39, 0.29) is 17.9 Å². The molecule has 2 aromatic heterocycles. The molecule has 0 atom stereocenters. The van der Waals surface area contributed by atoms with E-state index in [1.807, 2.05) is 0 Å². The SMILES string of the molecule is COC(=O)N(C)CCCC(=O)Nc1ccc(-n2ncc3c(=O)[nH]cnc32)cc1. The highest BCUT2D eigenvalue weighted by Gasteiger charge is 2.11. The van der Waals surface area contributed by atoms with E-state index in [0.717, 1.165) is 0 Å². The summed E-state index contributed by atoms with van der Waals surface area (Å²) in [5.74, 6) is -0.149. The van der Waals surface area contributed by atoms with E-state index < -0.39 is 6.09 Å². The van der Waals surface area contributed by atoms with Gasteiger partial charge < -0.3 is 19.9 Å². The third-order valence-electron chi connectivity index (χ3n) is 4.15. The molecule has 0 radical (unpaired) electrons. The number of fused-ring (bicyclic) bond motifs is 1. The third-order valence-corrected chi connectivity index (χ3v) is 4.15. The topological polar surface area (TPSA) is 122 Å². The Morgan fingerprint density at radius 2 is 2.04 bits per heavy atom. The maximum absolute atomic E-state index is 12.0. The summed E-state index contributed by atoms with van der Waals surface area (Å²) in [6, 6.07) is 7.04. The fourth-order valence-corrected chi connectivity index (χ4v) is 2.68. The number of rotatable bonds is 6. The first kappa shape index (κ1) is 19.1. The molecule has 0 unspecified atom stereocenters. The smallest absolute Gasteiger partial charge is 0.409 e. The van der Waals surface area contributed by atoms with Crippen molar-refractivity contribution in [2.45, 2.75) is 12.8 Å². The molecule has 146 valence electrons. The molecule has 2 heterocycles. The molecule has 0 saturated carbocycles. The molecule has 28 heavy (non-hydrogen) atoms. The Morgan fingerprint density at radius 3 is 2.75 bits per heavy atom. The van der Waals surface area contributed by atoms with Crippen LogP contribution in [-0.2, 0) is 9.53 Å². The highest BCUT2D eigenvalue weighted by Crippen LogP contribution is 2.16. The molecular formula is C18H20N6O4. The van der Waals surface area contributed by atoms with Crippen LogP contribution in [0.2, 0.25) is 0 Å². The van der Waals surface area contributed by atoms with Crippen molar-refractivity contribution in [2.75, 3.05) is 26.0 Å². The number of aromatic amines is 1. The molecule has 0 aliphatic carbocycles. The van der Waals surface area contributed by atoms with Crippen molar-refractivity contribution in [1.82, 2.24) is 24.6 Å². The fraction of sp³-hybridized carbons (Fsp3) is 0.278. The normalized spacial score (nSPS) is 10.6. The standard InChI is InChI=1S/C18H20N6O4/c1-23(18(27)28-2)9-3-4-15(25)22-12-5-7-13(8-6-12)24-16-14(10-21-24)17(26)20-11-19-16/h5-8,10-11H,3-4,9H2,1-2H3,(H,22,25)(H,19,20,26). The summed E-state index contributed by atoms with van der Waals surface area (Å²) >= 11 is 0. The van der Waals surface area contributed by atoms with Crippen molar-refractivity contribution < 1.29 is 14.3 Å². The zero-order chi connectivity index (χ0) is 20.1. The van der Waals surface area contributed by atoms with E-state index in [2.05, 4.69) is 25.1 Å². The quantitative estimate of drug-likeness (QED) is 0.664. The van der Waals surface area contributed by atoms with Crippen LogP contribution in [0.1, 0.15) is 12.8 Å². The molecule has 0 spiro atoms. The summed E-state index contributed by atoms with van der Waals surface area (Å²) in [5.41, 5.74) is 1.55. The van der Waals surface area contributed by atoms with Crippen LogP contribution >= 0.6 is 0 Å². The Hall–Kier alpha value is -3.69. The minimum atomic E-state index is -0.432.